The van der Waals surface area contributed by atoms with Crippen LogP contribution in [0.4, 0.5) is 15.8 Å². The van der Waals surface area contributed by atoms with Gasteiger partial charge in [-0.2, -0.15) is 0 Å². The summed E-state index contributed by atoms with van der Waals surface area (Å²) in [5.41, 5.74) is 11.0. The number of hydrogen-bond acceptors (Lipinski definition) is 4. The van der Waals surface area contributed by atoms with Crippen LogP contribution in [-0.4, -0.2) is 36.9 Å². The topological polar surface area (TPSA) is 101 Å². The van der Waals surface area contributed by atoms with E-state index in [2.05, 4.69) is 5.32 Å². The van der Waals surface area contributed by atoms with Gasteiger partial charge >= 0.3 is 0 Å². The van der Waals surface area contributed by atoms with Gasteiger partial charge in [0.2, 0.25) is 11.8 Å². The first-order valence-electron chi connectivity index (χ1n) is 6.20. The molecule has 1 rings (SSSR count). The predicted molar refractivity (Wildman–Crippen MR) is 75.4 cm³/mol. The van der Waals surface area contributed by atoms with Gasteiger partial charge in [0.1, 0.15) is 5.82 Å². The highest BCUT2D eigenvalue weighted by Gasteiger charge is 2.08. The zero-order valence-corrected chi connectivity index (χ0v) is 11.4. The number of nitrogen functional groups attached to an aromatic ring is 1. The largest absolute Gasteiger partial charge is 0.399 e. The number of benzene rings is 1. The first-order valence-corrected chi connectivity index (χ1v) is 6.20. The quantitative estimate of drug-likeness (QED) is 0.635. The second-order valence-corrected chi connectivity index (χ2v) is 4.60. The van der Waals surface area contributed by atoms with Gasteiger partial charge in [0.25, 0.3) is 0 Å². The molecule has 0 unspecified atom stereocenters. The molecule has 2 amide bonds. The molecule has 0 aliphatic heterocycles. The maximum atomic E-state index is 13.4. The van der Waals surface area contributed by atoms with E-state index >= 15 is 0 Å². The average Bonchev–Trinajstić information content (AvgIpc) is 2.33. The molecule has 6 nitrogen and oxygen atoms in total. The lowest BCUT2D eigenvalue weighted by molar-refractivity contribution is -0.118. The molecular weight excluding hydrogens is 263 g/mol. The number of rotatable bonds is 7. The Morgan fingerprint density at radius 1 is 1.40 bits per heavy atom. The van der Waals surface area contributed by atoms with Gasteiger partial charge in [-0.3, -0.25) is 14.5 Å². The molecule has 0 fully saturated rings. The molecule has 1 aromatic rings. The van der Waals surface area contributed by atoms with E-state index in [1.165, 1.54) is 18.2 Å². The van der Waals surface area contributed by atoms with Crippen molar-refractivity contribution in [3.05, 3.63) is 24.0 Å². The van der Waals surface area contributed by atoms with Gasteiger partial charge in [-0.05, 0) is 38.2 Å². The van der Waals surface area contributed by atoms with Crippen LogP contribution in [0.25, 0.3) is 0 Å². The zero-order chi connectivity index (χ0) is 15.1. The number of nitrogens with one attached hydrogen (secondary N) is 1. The van der Waals surface area contributed by atoms with E-state index in [9.17, 15) is 14.0 Å². The Balaban J connectivity index is 2.37. The van der Waals surface area contributed by atoms with Crippen molar-refractivity contribution < 1.29 is 14.0 Å². The fourth-order valence-electron chi connectivity index (χ4n) is 1.71. The monoisotopic (exact) mass is 282 g/mol. The highest BCUT2D eigenvalue weighted by atomic mass is 19.1. The van der Waals surface area contributed by atoms with Crippen molar-refractivity contribution in [2.45, 2.75) is 12.8 Å². The van der Waals surface area contributed by atoms with Crippen molar-refractivity contribution in [2.24, 2.45) is 5.73 Å². The van der Waals surface area contributed by atoms with Crippen molar-refractivity contribution in [1.29, 1.82) is 0 Å². The molecule has 0 aliphatic carbocycles. The van der Waals surface area contributed by atoms with Crippen molar-refractivity contribution in [2.75, 3.05) is 31.2 Å². The van der Waals surface area contributed by atoms with Gasteiger partial charge in [-0.15, -0.1) is 0 Å². The average molecular weight is 282 g/mol. The van der Waals surface area contributed by atoms with Crippen LogP contribution in [0.15, 0.2) is 18.2 Å². The maximum Gasteiger partial charge on any atom is 0.231 e. The predicted octanol–water partition coefficient (Wildman–Crippen LogP) is 0.544. The number of hydrogen-bond donors (Lipinski definition) is 3. The molecule has 0 spiro atoms. The third-order valence-corrected chi connectivity index (χ3v) is 2.63. The zero-order valence-electron chi connectivity index (χ0n) is 11.4. The van der Waals surface area contributed by atoms with Gasteiger partial charge in [-0.1, -0.05) is 0 Å². The summed E-state index contributed by atoms with van der Waals surface area (Å²) in [4.78, 5) is 24.0. The minimum Gasteiger partial charge on any atom is -0.399 e. The summed E-state index contributed by atoms with van der Waals surface area (Å²) in [6, 6.07) is 3.99. The Labute approximate surface area is 116 Å². The van der Waals surface area contributed by atoms with E-state index in [1.807, 2.05) is 0 Å². The van der Waals surface area contributed by atoms with Crippen LogP contribution in [0.3, 0.4) is 0 Å². The van der Waals surface area contributed by atoms with E-state index < -0.39 is 11.7 Å². The summed E-state index contributed by atoms with van der Waals surface area (Å²) >= 11 is 0. The van der Waals surface area contributed by atoms with Crippen LogP contribution >= 0.6 is 0 Å². The van der Waals surface area contributed by atoms with Crippen molar-refractivity contribution in [3.63, 3.8) is 0 Å². The Kier molecular flexibility index (Phi) is 5.92. The van der Waals surface area contributed by atoms with Crippen LogP contribution in [0.1, 0.15) is 12.8 Å². The normalized spacial score (nSPS) is 10.6. The number of nitrogens with two attached hydrogens (primary N) is 2. The molecule has 0 aliphatic rings. The maximum absolute atomic E-state index is 13.4. The minimum atomic E-state index is -0.529. The minimum absolute atomic E-state index is 0.0699. The number of amides is 2. The summed E-state index contributed by atoms with van der Waals surface area (Å²) in [7, 11) is 1.74. The molecule has 0 radical (unpaired) electrons. The summed E-state index contributed by atoms with van der Waals surface area (Å²) in [5.74, 6) is -1.25. The van der Waals surface area contributed by atoms with Crippen molar-refractivity contribution >= 4 is 23.2 Å². The molecular formula is C13H19FN4O2. The lowest BCUT2D eigenvalue weighted by Gasteiger charge is -2.14. The van der Waals surface area contributed by atoms with Crippen LogP contribution < -0.4 is 16.8 Å². The Bertz CT molecular complexity index is 493. The summed E-state index contributed by atoms with van der Waals surface area (Å²) in [6.07, 6.45) is 0.761. The Morgan fingerprint density at radius 2 is 2.10 bits per heavy atom. The number of primary amides is 1. The molecule has 110 valence electrons. The molecule has 0 aromatic heterocycles. The first-order chi connectivity index (χ1) is 9.38. The second-order valence-electron chi connectivity index (χ2n) is 4.60. The molecule has 1 aromatic carbocycles. The standard InChI is InChI=1S/C13H19FN4O2/c1-18(8-12(16)19)6-2-3-13(20)17-11-7-9(15)4-5-10(11)14/h4-5,7H,2-3,6,8,15H2,1H3,(H2,16,19)(H,17,20). The molecule has 0 bridgehead atoms. The summed E-state index contributed by atoms with van der Waals surface area (Å²) in [5, 5.41) is 2.46. The lowest BCUT2D eigenvalue weighted by atomic mass is 10.2. The van der Waals surface area contributed by atoms with E-state index in [0.29, 0.717) is 18.7 Å². The number of carbonyl (C=O) groups excluding carboxylic acids is 2. The van der Waals surface area contributed by atoms with Crippen LogP contribution in [0.2, 0.25) is 0 Å². The molecule has 0 saturated heterocycles. The van der Waals surface area contributed by atoms with Gasteiger partial charge in [0.05, 0.1) is 12.2 Å². The number of likely N-dealkylation sites (N-methyl/N-ethyl adjacent to an activating group) is 1. The van der Waals surface area contributed by atoms with Gasteiger partial charge in [-0.25, -0.2) is 4.39 Å². The highest BCUT2D eigenvalue weighted by Crippen LogP contribution is 2.17. The number of anilines is 2. The SMILES string of the molecule is CN(CCCC(=O)Nc1cc(N)ccc1F)CC(N)=O. The molecule has 0 saturated carbocycles. The van der Waals surface area contributed by atoms with E-state index in [1.54, 1.807) is 11.9 Å². The van der Waals surface area contributed by atoms with Gasteiger partial charge in [0, 0.05) is 12.1 Å². The molecule has 5 N–H and O–H groups in total. The Morgan fingerprint density at radius 3 is 2.75 bits per heavy atom. The summed E-state index contributed by atoms with van der Waals surface area (Å²) in [6.45, 7) is 0.696. The fourth-order valence-corrected chi connectivity index (χ4v) is 1.71. The van der Waals surface area contributed by atoms with Gasteiger partial charge < -0.3 is 16.8 Å². The second kappa shape index (κ2) is 7.44. The van der Waals surface area contributed by atoms with E-state index in [-0.39, 0.29) is 24.6 Å². The van der Waals surface area contributed by atoms with E-state index in [0.717, 1.165) is 0 Å². The lowest BCUT2D eigenvalue weighted by Crippen LogP contribution is -2.31. The number of halogens is 1. The first kappa shape index (κ1) is 15.9. The number of nitrogens with zero attached hydrogens (tertiary/aromatic N) is 1. The fraction of sp³-hybridized carbons (Fsp3) is 0.385. The van der Waals surface area contributed by atoms with Crippen LogP contribution in [0, 0.1) is 5.82 Å². The molecule has 7 heteroatoms. The highest BCUT2D eigenvalue weighted by molar-refractivity contribution is 5.91. The third-order valence-electron chi connectivity index (χ3n) is 2.63. The van der Waals surface area contributed by atoms with Gasteiger partial charge in [0.15, 0.2) is 0 Å². The summed E-state index contributed by atoms with van der Waals surface area (Å²) < 4.78 is 13.4. The third kappa shape index (κ3) is 5.66. The Hall–Kier alpha value is -2.15. The van der Waals surface area contributed by atoms with Crippen molar-refractivity contribution in [1.82, 2.24) is 4.90 Å². The number of carbonyl (C=O) groups is 2. The smallest absolute Gasteiger partial charge is 0.231 e. The molecule has 0 heterocycles. The van der Waals surface area contributed by atoms with Crippen molar-refractivity contribution in [3.8, 4) is 0 Å². The van der Waals surface area contributed by atoms with Crippen LogP contribution in [-0.2, 0) is 9.59 Å². The van der Waals surface area contributed by atoms with Crippen LogP contribution in [0.5, 0.6) is 0 Å². The van der Waals surface area contributed by atoms with E-state index in [4.69, 9.17) is 11.5 Å². The molecule has 20 heavy (non-hydrogen) atoms. The molecule has 0 atom stereocenters.